The normalized spacial score (nSPS) is 15.8. The van der Waals surface area contributed by atoms with Crippen LogP contribution < -0.4 is 14.4 Å². The van der Waals surface area contributed by atoms with Crippen LogP contribution in [-0.2, 0) is 4.79 Å². The number of rotatable bonds is 5. The highest BCUT2D eigenvalue weighted by Gasteiger charge is 2.36. The monoisotopic (exact) mass is 355 g/mol. The number of hydrogen-bond donors (Lipinski definition) is 0. The van der Waals surface area contributed by atoms with E-state index in [0.717, 1.165) is 17.3 Å². The van der Waals surface area contributed by atoms with Gasteiger partial charge in [-0.2, -0.15) is 0 Å². The Morgan fingerprint density at radius 1 is 1.08 bits per heavy atom. The minimum absolute atomic E-state index is 0.324. The molecular formula is C19H17NO4S. The molecule has 0 N–H and O–H groups in total. The van der Waals surface area contributed by atoms with Gasteiger partial charge in [-0.1, -0.05) is 18.2 Å². The van der Waals surface area contributed by atoms with E-state index in [0.29, 0.717) is 28.7 Å². The standard InChI is InChI=1S/C19H17NO4S/c1-3-24-15-10-8-14(9-11-15)20-18(21)17(25-19(20)22)12-13-6-4-5-7-16(13)23-2/h4-12H,3H2,1-2H3/b17-12-. The molecule has 1 aliphatic rings. The number of hydrogen-bond acceptors (Lipinski definition) is 5. The average molecular weight is 355 g/mol. The highest BCUT2D eigenvalue weighted by atomic mass is 32.2. The molecule has 0 aromatic heterocycles. The van der Waals surface area contributed by atoms with Crippen molar-refractivity contribution in [2.24, 2.45) is 0 Å². The first kappa shape index (κ1) is 17.1. The number of imide groups is 1. The molecule has 0 atom stereocenters. The summed E-state index contributed by atoms with van der Waals surface area (Å²) >= 11 is 0.917. The predicted octanol–water partition coefficient (Wildman–Crippen LogP) is 4.33. The minimum atomic E-state index is -0.343. The van der Waals surface area contributed by atoms with Crippen molar-refractivity contribution in [3.63, 3.8) is 0 Å². The molecule has 25 heavy (non-hydrogen) atoms. The Hall–Kier alpha value is -2.73. The van der Waals surface area contributed by atoms with Gasteiger partial charge in [0, 0.05) is 5.56 Å². The highest BCUT2D eigenvalue weighted by Crippen LogP contribution is 2.37. The molecular weight excluding hydrogens is 338 g/mol. The Morgan fingerprint density at radius 2 is 1.80 bits per heavy atom. The van der Waals surface area contributed by atoms with Gasteiger partial charge in [0.2, 0.25) is 0 Å². The molecule has 0 radical (unpaired) electrons. The van der Waals surface area contributed by atoms with E-state index in [9.17, 15) is 9.59 Å². The Morgan fingerprint density at radius 3 is 2.48 bits per heavy atom. The second-order valence-corrected chi connectivity index (χ2v) is 6.18. The lowest BCUT2D eigenvalue weighted by Crippen LogP contribution is -2.27. The van der Waals surface area contributed by atoms with Crippen LogP contribution in [0, 0.1) is 0 Å². The number of benzene rings is 2. The lowest BCUT2D eigenvalue weighted by Gasteiger charge is -2.13. The molecule has 2 amide bonds. The molecule has 1 fully saturated rings. The van der Waals surface area contributed by atoms with Crippen molar-refractivity contribution in [1.29, 1.82) is 0 Å². The number of thioether (sulfide) groups is 1. The van der Waals surface area contributed by atoms with Crippen molar-refractivity contribution >= 4 is 34.7 Å². The van der Waals surface area contributed by atoms with Gasteiger partial charge in [-0.25, -0.2) is 4.90 Å². The predicted molar refractivity (Wildman–Crippen MR) is 99.1 cm³/mol. The summed E-state index contributed by atoms with van der Waals surface area (Å²) in [6.07, 6.45) is 1.68. The lowest BCUT2D eigenvalue weighted by molar-refractivity contribution is -0.113. The van der Waals surface area contributed by atoms with Crippen molar-refractivity contribution in [2.45, 2.75) is 6.92 Å². The van der Waals surface area contributed by atoms with Gasteiger partial charge < -0.3 is 9.47 Å². The molecule has 0 spiro atoms. The van der Waals surface area contributed by atoms with Crippen LogP contribution >= 0.6 is 11.8 Å². The number of anilines is 1. The van der Waals surface area contributed by atoms with Crippen LogP contribution in [0.2, 0.25) is 0 Å². The zero-order chi connectivity index (χ0) is 17.8. The number of para-hydroxylation sites is 1. The van der Waals surface area contributed by atoms with E-state index in [1.54, 1.807) is 37.5 Å². The van der Waals surface area contributed by atoms with Crippen LogP contribution in [0.15, 0.2) is 53.4 Å². The second-order valence-electron chi connectivity index (χ2n) is 5.19. The van der Waals surface area contributed by atoms with Gasteiger partial charge in [-0.3, -0.25) is 9.59 Å². The molecule has 5 nitrogen and oxygen atoms in total. The van der Waals surface area contributed by atoms with E-state index in [-0.39, 0.29) is 11.1 Å². The molecule has 3 rings (SSSR count). The van der Waals surface area contributed by atoms with E-state index in [1.165, 1.54) is 4.90 Å². The molecule has 1 heterocycles. The fraction of sp³-hybridized carbons (Fsp3) is 0.158. The third-order valence-electron chi connectivity index (χ3n) is 3.63. The van der Waals surface area contributed by atoms with Gasteiger partial charge in [0.05, 0.1) is 24.3 Å². The summed E-state index contributed by atoms with van der Waals surface area (Å²) in [4.78, 5) is 26.5. The maximum atomic E-state index is 12.7. The first-order valence-electron chi connectivity index (χ1n) is 7.78. The van der Waals surface area contributed by atoms with E-state index in [4.69, 9.17) is 9.47 Å². The van der Waals surface area contributed by atoms with Gasteiger partial charge in [-0.05, 0) is 55.1 Å². The summed E-state index contributed by atoms with van der Waals surface area (Å²) in [5, 5.41) is -0.324. The molecule has 1 aliphatic heterocycles. The smallest absolute Gasteiger partial charge is 0.298 e. The molecule has 0 bridgehead atoms. The molecule has 0 saturated carbocycles. The topological polar surface area (TPSA) is 55.8 Å². The van der Waals surface area contributed by atoms with Crippen LogP contribution in [0.4, 0.5) is 10.5 Å². The van der Waals surface area contributed by atoms with Gasteiger partial charge >= 0.3 is 0 Å². The Balaban J connectivity index is 1.88. The largest absolute Gasteiger partial charge is 0.496 e. The maximum absolute atomic E-state index is 12.7. The minimum Gasteiger partial charge on any atom is -0.496 e. The maximum Gasteiger partial charge on any atom is 0.298 e. The van der Waals surface area contributed by atoms with Crippen molar-refractivity contribution in [3.05, 3.63) is 59.0 Å². The number of ether oxygens (including phenoxy) is 2. The number of amides is 2. The molecule has 1 saturated heterocycles. The summed E-state index contributed by atoms with van der Waals surface area (Å²) in [5.74, 6) is 1.00. The Labute approximate surface area is 150 Å². The molecule has 2 aromatic rings. The summed E-state index contributed by atoms with van der Waals surface area (Å²) < 4.78 is 10.7. The summed E-state index contributed by atoms with van der Waals surface area (Å²) in [7, 11) is 1.57. The van der Waals surface area contributed by atoms with Crippen LogP contribution in [0.1, 0.15) is 12.5 Å². The molecule has 0 unspecified atom stereocenters. The van der Waals surface area contributed by atoms with Crippen molar-refractivity contribution in [1.82, 2.24) is 0 Å². The van der Waals surface area contributed by atoms with Crippen molar-refractivity contribution in [2.75, 3.05) is 18.6 Å². The van der Waals surface area contributed by atoms with Crippen LogP contribution in [0.5, 0.6) is 11.5 Å². The average Bonchev–Trinajstić information content (AvgIpc) is 2.90. The van der Waals surface area contributed by atoms with Crippen LogP contribution in [-0.4, -0.2) is 24.9 Å². The number of nitrogens with zero attached hydrogens (tertiary/aromatic N) is 1. The summed E-state index contributed by atoms with van der Waals surface area (Å²) in [6, 6.07) is 14.2. The second kappa shape index (κ2) is 7.44. The number of carbonyl (C=O) groups is 2. The SMILES string of the molecule is CCOc1ccc(N2C(=O)S/C(=C\c3ccccc3OC)C2=O)cc1. The molecule has 2 aromatic carbocycles. The zero-order valence-corrected chi connectivity index (χ0v) is 14.7. The van der Waals surface area contributed by atoms with Crippen molar-refractivity contribution in [3.8, 4) is 11.5 Å². The first-order chi connectivity index (χ1) is 12.1. The fourth-order valence-electron chi connectivity index (χ4n) is 2.48. The van der Waals surface area contributed by atoms with Crippen LogP contribution in [0.25, 0.3) is 6.08 Å². The number of carbonyl (C=O) groups excluding carboxylic acids is 2. The highest BCUT2D eigenvalue weighted by molar-refractivity contribution is 8.19. The lowest BCUT2D eigenvalue weighted by atomic mass is 10.2. The molecule has 128 valence electrons. The van der Waals surface area contributed by atoms with Crippen molar-refractivity contribution < 1.29 is 19.1 Å². The van der Waals surface area contributed by atoms with Gasteiger partial charge in [0.15, 0.2) is 0 Å². The fourth-order valence-corrected chi connectivity index (χ4v) is 3.31. The number of methoxy groups -OCH3 is 1. The van der Waals surface area contributed by atoms with Gasteiger partial charge in [0.1, 0.15) is 11.5 Å². The van der Waals surface area contributed by atoms with E-state index >= 15 is 0 Å². The van der Waals surface area contributed by atoms with Gasteiger partial charge in [0.25, 0.3) is 11.1 Å². The van der Waals surface area contributed by atoms with Crippen LogP contribution in [0.3, 0.4) is 0 Å². The summed E-state index contributed by atoms with van der Waals surface area (Å²) in [6.45, 7) is 2.45. The van der Waals surface area contributed by atoms with Gasteiger partial charge in [-0.15, -0.1) is 0 Å². The summed E-state index contributed by atoms with van der Waals surface area (Å²) in [5.41, 5.74) is 1.27. The molecule has 6 heteroatoms. The third-order valence-corrected chi connectivity index (χ3v) is 4.49. The Kier molecular flexibility index (Phi) is 5.09. The van der Waals surface area contributed by atoms with E-state index in [1.807, 2.05) is 31.2 Å². The zero-order valence-electron chi connectivity index (χ0n) is 13.9. The van der Waals surface area contributed by atoms with E-state index in [2.05, 4.69) is 0 Å². The quantitative estimate of drug-likeness (QED) is 0.747. The molecule has 0 aliphatic carbocycles. The third kappa shape index (κ3) is 3.53. The first-order valence-corrected chi connectivity index (χ1v) is 8.59. The van der Waals surface area contributed by atoms with E-state index < -0.39 is 0 Å². The Bertz CT molecular complexity index is 830.